The van der Waals surface area contributed by atoms with Crippen LogP contribution >= 0.6 is 0 Å². The lowest BCUT2D eigenvalue weighted by Crippen LogP contribution is -2.34. The lowest BCUT2D eigenvalue weighted by atomic mass is 9.92. The molecule has 1 heterocycles. The minimum Gasteiger partial charge on any atom is -0.494 e. The fourth-order valence-corrected chi connectivity index (χ4v) is 2.29. The van der Waals surface area contributed by atoms with E-state index in [0.29, 0.717) is 30.9 Å². The van der Waals surface area contributed by atoms with E-state index in [1.165, 1.54) is 4.90 Å². The molecule has 1 aromatic rings. The van der Waals surface area contributed by atoms with Crippen molar-refractivity contribution in [3.8, 4) is 11.8 Å². The third kappa shape index (κ3) is 3.40. The first-order valence-electron chi connectivity index (χ1n) is 6.92. The molecule has 0 atom stereocenters. The standard InChI is InChI=1S/C16H18N2O3/c1-16(2)10-14(19)18(15(16)20)8-3-9-21-13-6-4-12(11-17)5-7-13/h4-7H,3,8-10H2,1-2H3. The maximum absolute atomic E-state index is 12.0. The van der Waals surface area contributed by atoms with Gasteiger partial charge in [-0.15, -0.1) is 0 Å². The van der Waals surface area contributed by atoms with Crippen molar-refractivity contribution in [1.82, 2.24) is 4.90 Å². The topological polar surface area (TPSA) is 70.4 Å². The molecule has 0 saturated carbocycles. The lowest BCUT2D eigenvalue weighted by Gasteiger charge is -2.17. The molecule has 5 heteroatoms. The predicted octanol–water partition coefficient (Wildman–Crippen LogP) is 2.11. The fraction of sp³-hybridized carbons (Fsp3) is 0.438. The first-order valence-corrected chi connectivity index (χ1v) is 6.92. The zero-order valence-corrected chi connectivity index (χ0v) is 12.3. The van der Waals surface area contributed by atoms with Crippen LogP contribution in [0.3, 0.4) is 0 Å². The van der Waals surface area contributed by atoms with Crippen molar-refractivity contribution in [3.05, 3.63) is 29.8 Å². The number of ether oxygens (including phenoxy) is 1. The molecule has 0 N–H and O–H groups in total. The van der Waals surface area contributed by atoms with Crippen molar-refractivity contribution in [2.45, 2.75) is 26.7 Å². The molecule has 0 unspecified atom stereocenters. The average molecular weight is 286 g/mol. The summed E-state index contributed by atoms with van der Waals surface area (Å²) in [7, 11) is 0. The third-order valence-electron chi connectivity index (χ3n) is 3.50. The molecule has 5 nitrogen and oxygen atoms in total. The highest BCUT2D eigenvalue weighted by atomic mass is 16.5. The Kier molecular flexibility index (Phi) is 4.27. The van der Waals surface area contributed by atoms with Crippen molar-refractivity contribution in [2.75, 3.05) is 13.2 Å². The molecule has 1 aliphatic heterocycles. The van der Waals surface area contributed by atoms with Crippen molar-refractivity contribution in [3.63, 3.8) is 0 Å². The van der Waals surface area contributed by atoms with Crippen LogP contribution in [0.5, 0.6) is 5.75 Å². The number of amides is 2. The van der Waals surface area contributed by atoms with Crippen molar-refractivity contribution in [1.29, 1.82) is 5.26 Å². The summed E-state index contributed by atoms with van der Waals surface area (Å²) in [5.41, 5.74) is 0.00303. The normalized spacial score (nSPS) is 16.9. The second kappa shape index (κ2) is 5.96. The van der Waals surface area contributed by atoms with Gasteiger partial charge in [0, 0.05) is 13.0 Å². The Hall–Kier alpha value is -2.35. The quantitative estimate of drug-likeness (QED) is 0.614. The zero-order chi connectivity index (χ0) is 15.5. The van der Waals surface area contributed by atoms with E-state index >= 15 is 0 Å². The summed E-state index contributed by atoms with van der Waals surface area (Å²) in [4.78, 5) is 25.1. The van der Waals surface area contributed by atoms with E-state index in [-0.39, 0.29) is 18.2 Å². The largest absolute Gasteiger partial charge is 0.494 e. The molecule has 0 aromatic heterocycles. The summed E-state index contributed by atoms with van der Waals surface area (Å²) in [5, 5.41) is 8.70. The van der Waals surface area contributed by atoms with E-state index in [2.05, 4.69) is 0 Å². The van der Waals surface area contributed by atoms with Crippen LogP contribution in [0.1, 0.15) is 32.3 Å². The van der Waals surface area contributed by atoms with Gasteiger partial charge in [0.15, 0.2) is 0 Å². The summed E-state index contributed by atoms with van der Waals surface area (Å²) in [6.45, 7) is 4.39. The second-order valence-corrected chi connectivity index (χ2v) is 5.75. The van der Waals surface area contributed by atoms with E-state index in [1.54, 1.807) is 38.1 Å². The van der Waals surface area contributed by atoms with Crippen LogP contribution in [0.2, 0.25) is 0 Å². The third-order valence-corrected chi connectivity index (χ3v) is 3.50. The van der Waals surface area contributed by atoms with Crippen LogP contribution in [0.25, 0.3) is 0 Å². The number of carbonyl (C=O) groups is 2. The van der Waals surface area contributed by atoms with Crippen LogP contribution in [-0.4, -0.2) is 29.9 Å². The van der Waals surface area contributed by atoms with Crippen LogP contribution in [0.4, 0.5) is 0 Å². The number of rotatable bonds is 5. The number of hydrogen-bond donors (Lipinski definition) is 0. The van der Waals surface area contributed by atoms with Crippen molar-refractivity contribution in [2.24, 2.45) is 5.41 Å². The minimum atomic E-state index is -0.578. The van der Waals surface area contributed by atoms with E-state index in [1.807, 2.05) is 6.07 Å². The van der Waals surface area contributed by atoms with Gasteiger partial charge in [-0.25, -0.2) is 0 Å². The van der Waals surface area contributed by atoms with Gasteiger partial charge in [-0.2, -0.15) is 5.26 Å². The molecule has 1 aromatic carbocycles. The molecular formula is C16H18N2O3. The smallest absolute Gasteiger partial charge is 0.235 e. The van der Waals surface area contributed by atoms with E-state index < -0.39 is 5.41 Å². The average Bonchev–Trinajstić information content (AvgIpc) is 2.65. The summed E-state index contributed by atoms with van der Waals surface area (Å²) >= 11 is 0. The number of likely N-dealkylation sites (tertiary alicyclic amines) is 1. The minimum absolute atomic E-state index is 0.106. The Labute approximate surface area is 124 Å². The number of carbonyl (C=O) groups excluding carboxylic acids is 2. The molecule has 21 heavy (non-hydrogen) atoms. The van der Waals surface area contributed by atoms with E-state index in [0.717, 1.165) is 0 Å². The predicted molar refractivity (Wildman–Crippen MR) is 76.4 cm³/mol. The van der Waals surface area contributed by atoms with Crippen molar-refractivity contribution < 1.29 is 14.3 Å². The van der Waals surface area contributed by atoms with Gasteiger partial charge in [0.1, 0.15) is 5.75 Å². The summed E-state index contributed by atoms with van der Waals surface area (Å²) < 4.78 is 5.53. The Morgan fingerprint density at radius 1 is 1.29 bits per heavy atom. The number of nitriles is 1. The summed E-state index contributed by atoms with van der Waals surface area (Å²) in [6.07, 6.45) is 0.871. The number of hydrogen-bond acceptors (Lipinski definition) is 4. The zero-order valence-electron chi connectivity index (χ0n) is 12.3. The second-order valence-electron chi connectivity index (χ2n) is 5.75. The molecule has 1 aliphatic rings. The first-order chi connectivity index (χ1) is 9.94. The maximum atomic E-state index is 12.0. The Morgan fingerprint density at radius 3 is 2.48 bits per heavy atom. The van der Waals surface area contributed by atoms with E-state index in [4.69, 9.17) is 10.00 Å². The summed E-state index contributed by atoms with van der Waals surface area (Å²) in [5.74, 6) is 0.461. The number of imide groups is 1. The molecule has 1 fully saturated rings. The lowest BCUT2D eigenvalue weighted by molar-refractivity contribution is -0.140. The van der Waals surface area contributed by atoms with Gasteiger partial charge < -0.3 is 4.74 Å². The molecule has 1 saturated heterocycles. The van der Waals surface area contributed by atoms with Gasteiger partial charge >= 0.3 is 0 Å². The Bertz CT molecular complexity index is 585. The van der Waals surface area contributed by atoms with Crippen LogP contribution < -0.4 is 4.74 Å². The fourth-order valence-electron chi connectivity index (χ4n) is 2.29. The van der Waals surface area contributed by atoms with Gasteiger partial charge in [-0.3, -0.25) is 14.5 Å². The first kappa shape index (κ1) is 15.0. The number of benzene rings is 1. The number of nitrogens with zero attached hydrogens (tertiary/aromatic N) is 2. The Balaban J connectivity index is 1.78. The van der Waals surface area contributed by atoms with Gasteiger partial charge in [0.2, 0.25) is 11.8 Å². The maximum Gasteiger partial charge on any atom is 0.235 e. The molecule has 0 bridgehead atoms. The van der Waals surface area contributed by atoms with E-state index in [9.17, 15) is 9.59 Å². The summed E-state index contributed by atoms with van der Waals surface area (Å²) in [6, 6.07) is 8.87. The van der Waals surface area contributed by atoms with Crippen LogP contribution in [0.15, 0.2) is 24.3 Å². The molecule has 0 spiro atoms. The monoisotopic (exact) mass is 286 g/mol. The molecule has 0 aliphatic carbocycles. The van der Waals surface area contributed by atoms with Gasteiger partial charge in [-0.1, -0.05) is 13.8 Å². The highest BCUT2D eigenvalue weighted by Gasteiger charge is 2.44. The van der Waals surface area contributed by atoms with Crippen molar-refractivity contribution >= 4 is 11.8 Å². The van der Waals surface area contributed by atoms with Gasteiger partial charge in [-0.05, 0) is 30.7 Å². The molecular weight excluding hydrogens is 268 g/mol. The van der Waals surface area contributed by atoms with Crippen LogP contribution in [0, 0.1) is 16.7 Å². The molecule has 2 rings (SSSR count). The van der Waals surface area contributed by atoms with Gasteiger partial charge in [0.05, 0.1) is 23.7 Å². The molecule has 0 radical (unpaired) electrons. The van der Waals surface area contributed by atoms with Crippen LogP contribution in [-0.2, 0) is 9.59 Å². The van der Waals surface area contributed by atoms with Gasteiger partial charge in [0.25, 0.3) is 0 Å². The molecule has 110 valence electrons. The highest BCUT2D eigenvalue weighted by molar-refractivity contribution is 6.05. The molecule has 2 amide bonds. The SMILES string of the molecule is CC1(C)CC(=O)N(CCCOc2ccc(C#N)cc2)C1=O. The Morgan fingerprint density at radius 2 is 1.95 bits per heavy atom. The highest BCUT2D eigenvalue weighted by Crippen LogP contribution is 2.31.